The molecule has 3 aromatic rings. The van der Waals surface area contributed by atoms with Gasteiger partial charge in [0.2, 0.25) is 0 Å². The molecule has 1 aliphatic rings. The summed E-state index contributed by atoms with van der Waals surface area (Å²) in [7, 11) is 4.59. The van der Waals surface area contributed by atoms with Gasteiger partial charge in [-0.3, -0.25) is 9.59 Å². The topological polar surface area (TPSA) is 77.1 Å². The van der Waals surface area contributed by atoms with Crippen LogP contribution in [0, 0.1) is 13.8 Å². The largest absolute Gasteiger partial charge is 0.497 e. The lowest BCUT2D eigenvalue weighted by atomic mass is 9.99. The standard InChI is InChI=1S/C27H26N2O5/c1-16-10-11-18(14-17(16)2)24-25(28-20-15-19(32-3)12-13-22(20)33-4)27(31)29(26(24)30)21-8-6-7-9-23(21)34-5/h6-15,28H,1-5H3. The SMILES string of the molecule is COc1ccc(OC)c(NC2=C(c3ccc(C)c(C)c3)C(=O)N(c3ccccc3OC)C2=O)c1. The number of para-hydroxylation sites is 2. The third-order valence-electron chi connectivity index (χ3n) is 5.87. The van der Waals surface area contributed by atoms with Gasteiger partial charge in [0.15, 0.2) is 0 Å². The summed E-state index contributed by atoms with van der Waals surface area (Å²) >= 11 is 0. The van der Waals surface area contributed by atoms with Gasteiger partial charge in [-0.15, -0.1) is 0 Å². The van der Waals surface area contributed by atoms with E-state index in [4.69, 9.17) is 14.2 Å². The van der Waals surface area contributed by atoms with Gasteiger partial charge in [0.25, 0.3) is 11.8 Å². The van der Waals surface area contributed by atoms with E-state index in [-0.39, 0.29) is 11.3 Å². The normalized spacial score (nSPS) is 13.4. The maximum absolute atomic E-state index is 13.8. The highest BCUT2D eigenvalue weighted by molar-refractivity contribution is 6.46. The average Bonchev–Trinajstić information content (AvgIpc) is 3.09. The Kier molecular flexibility index (Phi) is 6.27. The third kappa shape index (κ3) is 3.96. The molecule has 1 N–H and O–H groups in total. The zero-order chi connectivity index (χ0) is 24.4. The molecule has 0 aromatic heterocycles. The van der Waals surface area contributed by atoms with Crippen LogP contribution >= 0.6 is 0 Å². The van der Waals surface area contributed by atoms with Crippen LogP contribution in [-0.4, -0.2) is 33.1 Å². The van der Waals surface area contributed by atoms with Gasteiger partial charge in [-0.2, -0.15) is 0 Å². The highest BCUT2D eigenvalue weighted by Gasteiger charge is 2.41. The van der Waals surface area contributed by atoms with Crippen LogP contribution < -0.4 is 24.4 Å². The van der Waals surface area contributed by atoms with Gasteiger partial charge in [-0.1, -0.05) is 30.3 Å². The first-order valence-electron chi connectivity index (χ1n) is 10.7. The van der Waals surface area contributed by atoms with Crippen LogP contribution in [0.5, 0.6) is 17.2 Å². The molecule has 0 aliphatic carbocycles. The molecule has 2 amide bonds. The number of rotatable bonds is 7. The van der Waals surface area contributed by atoms with Crippen molar-refractivity contribution >= 4 is 28.8 Å². The van der Waals surface area contributed by atoms with Crippen molar-refractivity contribution in [3.63, 3.8) is 0 Å². The number of benzene rings is 3. The molecular formula is C27H26N2O5. The molecule has 4 rings (SSSR count). The molecule has 1 aliphatic heterocycles. The number of amides is 2. The quantitative estimate of drug-likeness (QED) is 0.516. The van der Waals surface area contributed by atoms with Crippen molar-refractivity contribution in [3.05, 3.63) is 83.1 Å². The Morgan fingerprint density at radius 1 is 0.735 bits per heavy atom. The van der Waals surface area contributed by atoms with Gasteiger partial charge >= 0.3 is 0 Å². The maximum atomic E-state index is 13.8. The molecular weight excluding hydrogens is 432 g/mol. The summed E-state index contributed by atoms with van der Waals surface area (Å²) in [4.78, 5) is 28.6. The zero-order valence-corrected chi connectivity index (χ0v) is 19.8. The second-order valence-electron chi connectivity index (χ2n) is 7.86. The summed E-state index contributed by atoms with van der Waals surface area (Å²) in [6, 6.07) is 17.8. The minimum atomic E-state index is -0.493. The van der Waals surface area contributed by atoms with Crippen LogP contribution in [0.4, 0.5) is 11.4 Å². The lowest BCUT2D eigenvalue weighted by molar-refractivity contribution is -0.120. The fraction of sp³-hybridized carbons (Fsp3) is 0.185. The van der Waals surface area contributed by atoms with Gasteiger partial charge in [-0.05, 0) is 54.8 Å². The number of hydrogen-bond acceptors (Lipinski definition) is 6. The summed E-state index contributed by atoms with van der Waals surface area (Å²) in [5, 5.41) is 3.16. The summed E-state index contributed by atoms with van der Waals surface area (Å²) in [5.74, 6) is 0.567. The summed E-state index contributed by atoms with van der Waals surface area (Å²) in [6.07, 6.45) is 0. The monoisotopic (exact) mass is 458 g/mol. The first kappa shape index (κ1) is 22.9. The fourth-order valence-electron chi connectivity index (χ4n) is 3.89. The summed E-state index contributed by atoms with van der Waals surface area (Å²) in [6.45, 7) is 3.97. The van der Waals surface area contributed by atoms with Crippen LogP contribution in [0.3, 0.4) is 0 Å². The Balaban J connectivity index is 1.90. The minimum Gasteiger partial charge on any atom is -0.497 e. The van der Waals surface area contributed by atoms with E-state index in [0.29, 0.717) is 34.2 Å². The molecule has 34 heavy (non-hydrogen) atoms. The van der Waals surface area contributed by atoms with E-state index >= 15 is 0 Å². The van der Waals surface area contributed by atoms with E-state index in [1.54, 1.807) is 49.6 Å². The number of anilines is 2. The number of carbonyl (C=O) groups excluding carboxylic acids is 2. The van der Waals surface area contributed by atoms with Crippen LogP contribution in [0.1, 0.15) is 16.7 Å². The first-order valence-corrected chi connectivity index (χ1v) is 10.7. The van der Waals surface area contributed by atoms with Crippen molar-refractivity contribution in [2.45, 2.75) is 13.8 Å². The summed E-state index contributed by atoms with van der Waals surface area (Å²) in [5.41, 5.74) is 4.03. The van der Waals surface area contributed by atoms with Crippen molar-refractivity contribution in [1.82, 2.24) is 0 Å². The number of imide groups is 1. The molecule has 3 aromatic carbocycles. The molecule has 0 bridgehead atoms. The Labute approximate surface area is 198 Å². The number of ether oxygens (including phenoxy) is 3. The van der Waals surface area contributed by atoms with Crippen molar-refractivity contribution in [2.75, 3.05) is 31.5 Å². The van der Waals surface area contributed by atoms with E-state index in [9.17, 15) is 9.59 Å². The second kappa shape index (κ2) is 9.31. The van der Waals surface area contributed by atoms with Gasteiger partial charge in [-0.25, -0.2) is 4.90 Å². The van der Waals surface area contributed by atoms with Crippen LogP contribution in [0.25, 0.3) is 5.57 Å². The van der Waals surface area contributed by atoms with E-state index in [2.05, 4.69) is 5.32 Å². The highest BCUT2D eigenvalue weighted by Crippen LogP contribution is 2.39. The number of hydrogen-bond donors (Lipinski definition) is 1. The third-order valence-corrected chi connectivity index (χ3v) is 5.87. The van der Waals surface area contributed by atoms with E-state index in [0.717, 1.165) is 16.0 Å². The Bertz CT molecular complexity index is 1310. The van der Waals surface area contributed by atoms with Gasteiger partial charge in [0, 0.05) is 6.07 Å². The van der Waals surface area contributed by atoms with E-state index < -0.39 is 11.8 Å². The lowest BCUT2D eigenvalue weighted by Gasteiger charge is -2.18. The smallest absolute Gasteiger partial charge is 0.282 e. The fourth-order valence-corrected chi connectivity index (χ4v) is 3.89. The minimum absolute atomic E-state index is 0.144. The molecule has 1 heterocycles. The molecule has 0 radical (unpaired) electrons. The molecule has 7 heteroatoms. The molecule has 0 saturated carbocycles. The van der Waals surface area contributed by atoms with Crippen LogP contribution in [0.15, 0.2) is 66.4 Å². The number of nitrogens with one attached hydrogen (secondary N) is 1. The van der Waals surface area contributed by atoms with Crippen molar-refractivity contribution in [3.8, 4) is 17.2 Å². The van der Waals surface area contributed by atoms with Gasteiger partial charge in [0.05, 0.1) is 38.3 Å². The Morgan fingerprint density at radius 3 is 2.15 bits per heavy atom. The predicted molar refractivity (Wildman–Crippen MR) is 131 cm³/mol. The zero-order valence-electron chi connectivity index (χ0n) is 19.8. The van der Waals surface area contributed by atoms with Crippen molar-refractivity contribution in [1.29, 1.82) is 0 Å². The van der Waals surface area contributed by atoms with Crippen molar-refractivity contribution < 1.29 is 23.8 Å². The Hall–Kier alpha value is -4.26. The first-order chi connectivity index (χ1) is 16.4. The van der Waals surface area contributed by atoms with Gasteiger partial charge in [0.1, 0.15) is 22.9 Å². The molecule has 0 saturated heterocycles. The molecule has 174 valence electrons. The number of carbonyl (C=O) groups is 2. The van der Waals surface area contributed by atoms with E-state index in [1.807, 2.05) is 32.0 Å². The maximum Gasteiger partial charge on any atom is 0.282 e. The van der Waals surface area contributed by atoms with E-state index in [1.165, 1.54) is 14.2 Å². The number of aryl methyl sites for hydroxylation is 2. The average molecular weight is 459 g/mol. The molecule has 0 spiro atoms. The van der Waals surface area contributed by atoms with Crippen LogP contribution in [0.2, 0.25) is 0 Å². The number of methoxy groups -OCH3 is 3. The van der Waals surface area contributed by atoms with Crippen LogP contribution in [-0.2, 0) is 9.59 Å². The predicted octanol–water partition coefficient (Wildman–Crippen LogP) is 4.73. The summed E-state index contributed by atoms with van der Waals surface area (Å²) < 4.78 is 16.2. The molecule has 0 unspecified atom stereocenters. The Morgan fingerprint density at radius 2 is 1.47 bits per heavy atom. The molecule has 0 atom stereocenters. The highest BCUT2D eigenvalue weighted by atomic mass is 16.5. The van der Waals surface area contributed by atoms with Crippen molar-refractivity contribution in [2.24, 2.45) is 0 Å². The van der Waals surface area contributed by atoms with Gasteiger partial charge < -0.3 is 19.5 Å². The lowest BCUT2D eigenvalue weighted by Crippen LogP contribution is -2.32. The molecule has 7 nitrogen and oxygen atoms in total. The molecule has 0 fully saturated rings. The number of nitrogens with zero attached hydrogens (tertiary/aromatic N) is 1. The second-order valence-corrected chi connectivity index (χ2v) is 7.86.